The number of carbonyl (C=O) groups is 1. The molecule has 0 atom stereocenters. The number of halogens is 2. The molecular weight excluding hydrogens is 258 g/mol. The maximum atomic E-state index is 14.1. The van der Waals surface area contributed by atoms with Gasteiger partial charge in [0.15, 0.2) is 11.6 Å². The molecule has 2 N–H and O–H groups in total. The van der Waals surface area contributed by atoms with Crippen LogP contribution in [-0.2, 0) is 4.74 Å². The van der Waals surface area contributed by atoms with Crippen LogP contribution in [0.25, 0.3) is 0 Å². The van der Waals surface area contributed by atoms with Gasteiger partial charge in [0.25, 0.3) is 5.91 Å². The average molecular weight is 272 g/mol. The number of hydrogen-bond donors (Lipinski definition) is 1. The van der Waals surface area contributed by atoms with Gasteiger partial charge in [-0.2, -0.15) is 0 Å². The van der Waals surface area contributed by atoms with E-state index in [0.29, 0.717) is 26.3 Å². The fraction of sp³-hybridized carbons (Fsp3) is 0.417. The minimum Gasteiger partial charge on any atom is -0.492 e. The van der Waals surface area contributed by atoms with Crippen LogP contribution in [0.3, 0.4) is 0 Å². The maximum Gasteiger partial charge on any atom is 0.260 e. The van der Waals surface area contributed by atoms with Crippen LogP contribution >= 0.6 is 0 Å². The SMILES string of the molecule is COc1c(N)cc(F)c(C(=O)N2CCOCC2)c1F. The second kappa shape index (κ2) is 5.40. The van der Waals surface area contributed by atoms with Gasteiger partial charge >= 0.3 is 0 Å². The normalized spacial score (nSPS) is 15.4. The number of hydrogen-bond acceptors (Lipinski definition) is 4. The Morgan fingerprint density at radius 1 is 1.42 bits per heavy atom. The van der Waals surface area contributed by atoms with Gasteiger partial charge < -0.3 is 20.1 Å². The molecule has 0 radical (unpaired) electrons. The Morgan fingerprint density at radius 3 is 2.63 bits per heavy atom. The Bertz CT molecular complexity index is 502. The lowest BCUT2D eigenvalue weighted by atomic mass is 10.1. The molecule has 0 aliphatic carbocycles. The fourth-order valence-corrected chi connectivity index (χ4v) is 1.95. The van der Waals surface area contributed by atoms with Crippen molar-refractivity contribution >= 4 is 11.6 Å². The van der Waals surface area contributed by atoms with Crippen LogP contribution in [0.15, 0.2) is 6.07 Å². The van der Waals surface area contributed by atoms with E-state index in [1.54, 1.807) is 0 Å². The number of ether oxygens (including phenoxy) is 2. The molecule has 2 rings (SSSR count). The van der Waals surface area contributed by atoms with Gasteiger partial charge in [0.2, 0.25) is 0 Å². The third-order valence-electron chi connectivity index (χ3n) is 2.92. The summed E-state index contributed by atoms with van der Waals surface area (Å²) in [6.07, 6.45) is 0. The molecule has 1 fully saturated rings. The summed E-state index contributed by atoms with van der Waals surface area (Å²) in [6, 6.07) is 0.885. The first kappa shape index (κ1) is 13.5. The molecule has 19 heavy (non-hydrogen) atoms. The Balaban J connectivity index is 2.40. The quantitative estimate of drug-likeness (QED) is 0.817. The van der Waals surface area contributed by atoms with Gasteiger partial charge in [0.05, 0.1) is 26.0 Å². The first-order valence-corrected chi connectivity index (χ1v) is 5.74. The second-order valence-electron chi connectivity index (χ2n) is 4.07. The minimum absolute atomic E-state index is 0.184. The number of amides is 1. The van der Waals surface area contributed by atoms with Crippen molar-refractivity contribution in [3.8, 4) is 5.75 Å². The summed E-state index contributed by atoms with van der Waals surface area (Å²) < 4.78 is 37.7. The zero-order valence-corrected chi connectivity index (χ0v) is 10.4. The summed E-state index contributed by atoms with van der Waals surface area (Å²) in [5.74, 6) is -3.11. The van der Waals surface area contributed by atoms with Crippen LogP contribution in [0, 0.1) is 11.6 Å². The molecule has 0 unspecified atom stereocenters. The highest BCUT2D eigenvalue weighted by molar-refractivity contribution is 5.96. The third-order valence-corrected chi connectivity index (χ3v) is 2.92. The molecule has 1 aromatic rings. The molecule has 0 bridgehead atoms. The molecule has 1 aromatic carbocycles. The van der Waals surface area contributed by atoms with Crippen molar-refractivity contribution in [2.45, 2.75) is 0 Å². The first-order chi connectivity index (χ1) is 9.06. The van der Waals surface area contributed by atoms with Gasteiger partial charge in [-0.05, 0) is 0 Å². The number of rotatable bonds is 2. The average Bonchev–Trinajstić information content (AvgIpc) is 2.39. The van der Waals surface area contributed by atoms with E-state index < -0.39 is 23.1 Å². The van der Waals surface area contributed by atoms with Gasteiger partial charge in [-0.1, -0.05) is 0 Å². The second-order valence-corrected chi connectivity index (χ2v) is 4.07. The fourth-order valence-electron chi connectivity index (χ4n) is 1.95. The smallest absolute Gasteiger partial charge is 0.260 e. The van der Waals surface area contributed by atoms with Crippen LogP contribution in [0.2, 0.25) is 0 Å². The lowest BCUT2D eigenvalue weighted by molar-refractivity contribution is 0.0296. The van der Waals surface area contributed by atoms with E-state index in [9.17, 15) is 13.6 Å². The number of nitrogens with two attached hydrogens (primary N) is 1. The molecule has 7 heteroatoms. The van der Waals surface area contributed by atoms with Crippen LogP contribution in [0.4, 0.5) is 14.5 Å². The maximum absolute atomic E-state index is 14.1. The number of carbonyl (C=O) groups excluding carboxylic acids is 1. The molecule has 1 heterocycles. The summed E-state index contributed by atoms with van der Waals surface area (Å²) in [4.78, 5) is 13.4. The summed E-state index contributed by atoms with van der Waals surface area (Å²) in [7, 11) is 1.20. The predicted octanol–water partition coefficient (Wildman–Crippen LogP) is 1.03. The highest BCUT2D eigenvalue weighted by Crippen LogP contribution is 2.30. The Hall–Kier alpha value is -1.89. The van der Waals surface area contributed by atoms with E-state index in [1.807, 2.05) is 0 Å². The zero-order chi connectivity index (χ0) is 14.0. The molecule has 0 saturated carbocycles. The number of nitrogens with zero attached hydrogens (tertiary/aromatic N) is 1. The molecular formula is C12H14F2N2O3. The topological polar surface area (TPSA) is 64.8 Å². The summed E-state index contributed by atoms with van der Waals surface area (Å²) in [5.41, 5.74) is 4.60. The number of morpholine rings is 1. The first-order valence-electron chi connectivity index (χ1n) is 5.74. The van der Waals surface area contributed by atoms with Gasteiger partial charge in [0, 0.05) is 19.2 Å². The summed E-state index contributed by atoms with van der Waals surface area (Å²) >= 11 is 0. The Morgan fingerprint density at radius 2 is 2.05 bits per heavy atom. The van der Waals surface area contributed by atoms with E-state index in [0.717, 1.165) is 6.07 Å². The predicted molar refractivity (Wildman–Crippen MR) is 64.0 cm³/mol. The lowest BCUT2D eigenvalue weighted by Crippen LogP contribution is -2.41. The Labute approximate surface area is 108 Å². The van der Waals surface area contributed by atoms with Crippen molar-refractivity contribution in [2.24, 2.45) is 0 Å². The highest BCUT2D eigenvalue weighted by Gasteiger charge is 2.28. The Kier molecular flexibility index (Phi) is 3.84. The molecule has 1 saturated heterocycles. The number of methoxy groups -OCH3 is 1. The van der Waals surface area contributed by atoms with E-state index in [2.05, 4.69) is 0 Å². The zero-order valence-electron chi connectivity index (χ0n) is 10.4. The summed E-state index contributed by atoms with van der Waals surface area (Å²) in [6.45, 7) is 1.29. The van der Waals surface area contributed by atoms with Crippen molar-refractivity contribution < 1.29 is 23.0 Å². The monoisotopic (exact) mass is 272 g/mol. The largest absolute Gasteiger partial charge is 0.492 e. The van der Waals surface area contributed by atoms with Crippen LogP contribution in [-0.4, -0.2) is 44.2 Å². The van der Waals surface area contributed by atoms with Crippen molar-refractivity contribution in [3.05, 3.63) is 23.3 Å². The minimum atomic E-state index is -1.07. The van der Waals surface area contributed by atoms with Gasteiger partial charge in [0.1, 0.15) is 11.4 Å². The molecule has 5 nitrogen and oxygen atoms in total. The van der Waals surface area contributed by atoms with Crippen molar-refractivity contribution in [1.29, 1.82) is 0 Å². The number of anilines is 1. The van der Waals surface area contributed by atoms with Gasteiger partial charge in [-0.3, -0.25) is 4.79 Å². The van der Waals surface area contributed by atoms with Gasteiger partial charge in [-0.25, -0.2) is 8.78 Å². The lowest BCUT2D eigenvalue weighted by Gasteiger charge is -2.27. The molecule has 0 spiro atoms. The number of nitrogen functional groups attached to an aromatic ring is 1. The van der Waals surface area contributed by atoms with Crippen molar-refractivity contribution in [2.75, 3.05) is 39.1 Å². The third kappa shape index (κ3) is 2.46. The van der Waals surface area contributed by atoms with E-state index in [-0.39, 0.29) is 11.4 Å². The number of benzene rings is 1. The highest BCUT2D eigenvalue weighted by atomic mass is 19.1. The molecule has 1 aliphatic heterocycles. The summed E-state index contributed by atoms with van der Waals surface area (Å²) in [5, 5.41) is 0. The van der Waals surface area contributed by atoms with Crippen molar-refractivity contribution in [3.63, 3.8) is 0 Å². The van der Waals surface area contributed by atoms with E-state index >= 15 is 0 Å². The van der Waals surface area contributed by atoms with Crippen LogP contribution < -0.4 is 10.5 Å². The van der Waals surface area contributed by atoms with Crippen LogP contribution in [0.1, 0.15) is 10.4 Å². The molecule has 0 aromatic heterocycles. The standard InChI is InChI=1S/C12H14F2N2O3/c1-18-11-8(15)6-7(13)9(10(11)14)12(17)16-2-4-19-5-3-16/h6H,2-5,15H2,1H3. The molecule has 104 valence electrons. The van der Waals surface area contributed by atoms with Gasteiger partial charge in [-0.15, -0.1) is 0 Å². The van der Waals surface area contributed by atoms with E-state index in [1.165, 1.54) is 12.0 Å². The van der Waals surface area contributed by atoms with E-state index in [4.69, 9.17) is 15.2 Å². The van der Waals surface area contributed by atoms with Crippen molar-refractivity contribution in [1.82, 2.24) is 4.90 Å². The molecule has 1 aliphatic rings. The van der Waals surface area contributed by atoms with Crippen LogP contribution in [0.5, 0.6) is 5.75 Å². The molecule has 1 amide bonds.